The van der Waals surface area contributed by atoms with Crippen LogP contribution < -0.4 is 0 Å². The minimum Gasteiger partial charge on any atom is -0.870 e. The van der Waals surface area contributed by atoms with E-state index in [4.69, 9.17) is 17.5 Å². The van der Waals surface area contributed by atoms with Crippen molar-refractivity contribution in [3.05, 3.63) is 0 Å². The maximum Gasteiger partial charge on any atom is 2.00 e. The van der Waals surface area contributed by atoms with Gasteiger partial charge in [0.15, 0.2) is 0 Å². The molecule has 0 saturated carbocycles. The fourth-order valence-corrected chi connectivity index (χ4v) is 0. The van der Waals surface area contributed by atoms with Crippen LogP contribution in [0.3, 0.4) is 0 Å². The molecule has 0 atom stereocenters. The van der Waals surface area contributed by atoms with Gasteiger partial charge in [-0.15, -0.1) is 0 Å². The van der Waals surface area contributed by atoms with Gasteiger partial charge >= 0.3 is 17.1 Å². The van der Waals surface area contributed by atoms with Crippen molar-refractivity contribution >= 4 is 10.4 Å². The van der Waals surface area contributed by atoms with Gasteiger partial charge in [-0.1, -0.05) is 0 Å². The molecule has 0 aliphatic rings. The van der Waals surface area contributed by atoms with Gasteiger partial charge in [0.05, 0.1) is 0 Å². The average molecular weight is 177 g/mol. The molecule has 0 spiro atoms. The molecule has 0 fully saturated rings. The zero-order chi connectivity index (χ0) is 4.50. The fraction of sp³-hybridized carbons (Fsp3) is 0. The molecule has 0 heterocycles. The van der Waals surface area contributed by atoms with E-state index in [1.165, 1.54) is 0 Å². The zero-order valence-corrected chi connectivity index (χ0v) is 4.55. The Balaban J connectivity index is -0.0000000800. The van der Waals surface area contributed by atoms with Crippen molar-refractivity contribution in [2.75, 3.05) is 0 Å². The summed E-state index contributed by atoms with van der Waals surface area (Å²) in [6.45, 7) is 0. The van der Waals surface area contributed by atoms with Gasteiger partial charge in [-0.3, -0.25) is 8.42 Å². The van der Waals surface area contributed by atoms with E-state index < -0.39 is 10.4 Å². The van der Waals surface area contributed by atoms with Crippen LogP contribution in [-0.2, 0) is 27.5 Å². The van der Waals surface area contributed by atoms with Crippen LogP contribution in [0.4, 0.5) is 0 Å². The van der Waals surface area contributed by atoms with Crippen molar-refractivity contribution in [3.63, 3.8) is 0 Å². The Labute approximate surface area is 51.1 Å². The van der Waals surface area contributed by atoms with Crippen LogP contribution in [0, 0.1) is 0 Å². The molecule has 5 nitrogen and oxygen atoms in total. The first-order valence-electron chi connectivity index (χ1n) is 0.667. The normalized spacial score (nSPS) is 8.29. The molecule has 0 saturated heterocycles. The summed E-state index contributed by atoms with van der Waals surface area (Å²) in [7, 11) is -5.17. The molecule has 49 valence electrons. The molecule has 0 aliphatic carbocycles. The predicted octanol–water partition coefficient (Wildman–Crippen LogP) is -1.52. The van der Waals surface area contributed by atoms with Crippen LogP contribution in [0.25, 0.3) is 0 Å². The summed E-state index contributed by atoms with van der Waals surface area (Å²) >= 11 is 0. The Morgan fingerprint density at radius 2 is 1.14 bits per heavy atom. The Kier molecular flexibility index (Phi) is 10.1. The molecule has 0 unspecified atom stereocenters. The predicted molar refractivity (Wildman–Crippen MR) is 12.4 cm³/mol. The summed E-state index contributed by atoms with van der Waals surface area (Å²) in [6, 6.07) is 0. The molecule has 0 amide bonds. The third kappa shape index (κ3) is 983. The third-order valence-electron chi connectivity index (χ3n) is 0. The Bertz CT molecular complexity index is 91.2. The summed E-state index contributed by atoms with van der Waals surface area (Å²) in [4.78, 5) is 0. The monoisotopic (exact) mass is 176 g/mol. The van der Waals surface area contributed by atoms with Crippen molar-refractivity contribution in [2.45, 2.75) is 0 Å². The maximum absolute atomic E-state index is 8.52. The van der Waals surface area contributed by atoms with Gasteiger partial charge in [0.1, 0.15) is 0 Å². The Morgan fingerprint density at radius 3 is 1.14 bits per heavy atom. The molecule has 0 aliphatic heterocycles. The van der Waals surface area contributed by atoms with E-state index in [1.807, 2.05) is 0 Å². The maximum atomic E-state index is 8.52. The largest absolute Gasteiger partial charge is 2.00 e. The van der Waals surface area contributed by atoms with Crippen molar-refractivity contribution in [1.82, 2.24) is 0 Å². The molecule has 1 N–H and O–H groups in total. The van der Waals surface area contributed by atoms with Crippen LogP contribution in [0.15, 0.2) is 0 Å². The average Bonchev–Trinajstić information content (AvgIpc) is 0.722. The first-order chi connectivity index (χ1) is 2.00. The first-order valence-corrected chi connectivity index (χ1v) is 2.00. The van der Waals surface area contributed by atoms with Crippen molar-refractivity contribution in [2.24, 2.45) is 0 Å². The van der Waals surface area contributed by atoms with Gasteiger partial charge in [-0.25, -0.2) is 0 Å². The zero-order valence-electron chi connectivity index (χ0n) is 2.79. The molecule has 0 aromatic rings. The molecule has 7 heavy (non-hydrogen) atoms. The molecular formula is HCuO5S-. The fourth-order valence-electron chi connectivity index (χ4n) is 0. The summed E-state index contributed by atoms with van der Waals surface area (Å²) in [5.74, 6) is 0. The van der Waals surface area contributed by atoms with E-state index in [-0.39, 0.29) is 22.5 Å². The van der Waals surface area contributed by atoms with E-state index in [2.05, 4.69) is 0 Å². The van der Waals surface area contributed by atoms with E-state index in [0.717, 1.165) is 0 Å². The van der Waals surface area contributed by atoms with Crippen LogP contribution in [0.5, 0.6) is 0 Å². The van der Waals surface area contributed by atoms with Gasteiger partial charge in [0, 0.05) is 10.4 Å². The molecule has 0 bridgehead atoms. The number of rotatable bonds is 0. The topological polar surface area (TPSA) is 110 Å². The minimum absolute atomic E-state index is 0. The summed E-state index contributed by atoms with van der Waals surface area (Å²) in [6.07, 6.45) is 0. The van der Waals surface area contributed by atoms with E-state index in [0.29, 0.717) is 0 Å². The van der Waals surface area contributed by atoms with Gasteiger partial charge in [0.2, 0.25) is 0 Å². The number of hydrogen-bond acceptors (Lipinski definition) is 5. The second-order valence-electron chi connectivity index (χ2n) is 0.408. The van der Waals surface area contributed by atoms with E-state index in [9.17, 15) is 0 Å². The molecule has 0 rings (SSSR count). The molecule has 0 aromatic carbocycles. The summed E-state index contributed by atoms with van der Waals surface area (Å²) in [5, 5.41) is 0. The second-order valence-corrected chi connectivity index (χ2v) is 1.22. The molecule has 0 aromatic heterocycles. The van der Waals surface area contributed by atoms with Crippen LogP contribution in [0.1, 0.15) is 0 Å². The smallest absolute Gasteiger partial charge is 0.870 e. The van der Waals surface area contributed by atoms with Crippen molar-refractivity contribution in [3.8, 4) is 0 Å². The van der Waals surface area contributed by atoms with Crippen LogP contribution in [-0.4, -0.2) is 23.0 Å². The van der Waals surface area contributed by atoms with E-state index in [1.54, 1.807) is 0 Å². The molecule has 1 radical (unpaired) electrons. The summed E-state index contributed by atoms with van der Waals surface area (Å²) < 4.78 is 34.1. The van der Waals surface area contributed by atoms with Gasteiger partial charge in [0.25, 0.3) is 0 Å². The molecule has 7 heteroatoms. The van der Waals surface area contributed by atoms with Crippen molar-refractivity contribution in [1.29, 1.82) is 0 Å². The van der Waals surface area contributed by atoms with Crippen LogP contribution >= 0.6 is 0 Å². The Morgan fingerprint density at radius 1 is 1.14 bits per heavy atom. The van der Waals surface area contributed by atoms with Crippen molar-refractivity contribution < 1.29 is 40.1 Å². The number of hydrogen-bond donors (Lipinski definition) is 0. The SMILES string of the molecule is O=S(=O)([O-])[O-].[Cu+2].[OH-]. The van der Waals surface area contributed by atoms with Gasteiger partial charge < -0.3 is 14.6 Å². The van der Waals surface area contributed by atoms with E-state index >= 15 is 0 Å². The minimum atomic E-state index is -5.17. The van der Waals surface area contributed by atoms with Crippen LogP contribution in [0.2, 0.25) is 0 Å². The summed E-state index contributed by atoms with van der Waals surface area (Å²) in [5.41, 5.74) is 0. The quantitative estimate of drug-likeness (QED) is 0.253. The first kappa shape index (κ1) is 15.7. The second kappa shape index (κ2) is 4.51. The third-order valence-corrected chi connectivity index (χ3v) is 0. The Hall–Kier alpha value is 0.349. The molecular weight excluding hydrogens is 176 g/mol. The van der Waals surface area contributed by atoms with Gasteiger partial charge in [-0.05, 0) is 0 Å². The standard InChI is InChI=1S/Cu.H2O4S.H2O/c;1-5(2,3)4;/h;(H2,1,2,3,4);1H2/q+2;;/p-3. The van der Waals surface area contributed by atoms with Gasteiger partial charge in [-0.2, -0.15) is 0 Å².